The maximum Gasteiger partial charge on any atom is 0.251 e. The van der Waals surface area contributed by atoms with Gasteiger partial charge in [-0.2, -0.15) is 0 Å². The molecule has 0 bridgehead atoms. The van der Waals surface area contributed by atoms with Crippen molar-refractivity contribution in [3.63, 3.8) is 0 Å². The van der Waals surface area contributed by atoms with E-state index < -0.39 is 0 Å². The van der Waals surface area contributed by atoms with Crippen molar-refractivity contribution >= 4 is 17.5 Å². The molecule has 0 aliphatic heterocycles. The molecule has 5 heteroatoms. The molecule has 2 N–H and O–H groups in total. The van der Waals surface area contributed by atoms with Crippen LogP contribution in [0.4, 0.5) is 5.69 Å². The summed E-state index contributed by atoms with van der Waals surface area (Å²) in [7, 11) is 0. The van der Waals surface area contributed by atoms with Crippen molar-refractivity contribution in [3.8, 4) is 5.75 Å². The zero-order valence-corrected chi connectivity index (χ0v) is 14.2. The summed E-state index contributed by atoms with van der Waals surface area (Å²) < 4.78 is 5.57. The number of carbonyl (C=O) groups is 2. The zero-order chi connectivity index (χ0) is 17.6. The summed E-state index contributed by atoms with van der Waals surface area (Å²) in [6.45, 7) is 2.31. The monoisotopic (exact) mass is 338 g/mol. The number of amides is 2. The van der Waals surface area contributed by atoms with Crippen LogP contribution in [0, 0.1) is 6.92 Å². The lowest BCUT2D eigenvalue weighted by atomic mass is 10.2. The molecule has 130 valence electrons. The summed E-state index contributed by atoms with van der Waals surface area (Å²) in [6.07, 6.45) is 2.38. The number of rotatable bonds is 7. The highest BCUT2D eigenvalue weighted by molar-refractivity contribution is 5.96. The Morgan fingerprint density at radius 2 is 1.88 bits per heavy atom. The molecule has 2 aromatic carbocycles. The van der Waals surface area contributed by atoms with E-state index in [4.69, 9.17) is 4.74 Å². The van der Waals surface area contributed by atoms with Crippen LogP contribution >= 0.6 is 0 Å². The largest absolute Gasteiger partial charge is 0.493 e. The van der Waals surface area contributed by atoms with Crippen LogP contribution in [-0.2, 0) is 4.79 Å². The van der Waals surface area contributed by atoms with Crippen LogP contribution in [0.25, 0.3) is 0 Å². The Kier molecular flexibility index (Phi) is 5.33. The van der Waals surface area contributed by atoms with E-state index in [9.17, 15) is 9.59 Å². The summed E-state index contributed by atoms with van der Waals surface area (Å²) in [5.74, 6) is 0.577. The molecule has 0 aromatic heterocycles. The molecule has 0 saturated heterocycles. The second-order valence-electron chi connectivity index (χ2n) is 6.29. The molecule has 1 aliphatic rings. The van der Waals surface area contributed by atoms with Gasteiger partial charge in [-0.1, -0.05) is 12.1 Å². The fourth-order valence-corrected chi connectivity index (χ4v) is 2.39. The smallest absolute Gasteiger partial charge is 0.251 e. The number of nitrogens with one attached hydrogen (secondary N) is 2. The normalized spacial score (nSPS) is 13.2. The van der Waals surface area contributed by atoms with E-state index >= 15 is 0 Å². The third kappa shape index (κ3) is 5.35. The van der Waals surface area contributed by atoms with Crippen molar-refractivity contribution in [2.45, 2.75) is 32.2 Å². The molecule has 2 aromatic rings. The minimum atomic E-state index is -0.122. The summed E-state index contributed by atoms with van der Waals surface area (Å²) in [6, 6.07) is 15.0. The average molecular weight is 338 g/mol. The molecule has 0 unspecified atom stereocenters. The molecule has 0 heterocycles. The Balaban J connectivity index is 1.43. The fraction of sp³-hybridized carbons (Fsp3) is 0.300. The highest BCUT2D eigenvalue weighted by Crippen LogP contribution is 2.19. The van der Waals surface area contributed by atoms with Gasteiger partial charge < -0.3 is 15.4 Å². The van der Waals surface area contributed by atoms with Gasteiger partial charge in [0.05, 0.1) is 13.0 Å². The molecule has 0 spiro atoms. The summed E-state index contributed by atoms with van der Waals surface area (Å²) >= 11 is 0. The van der Waals surface area contributed by atoms with Crippen LogP contribution in [0.2, 0.25) is 0 Å². The van der Waals surface area contributed by atoms with E-state index in [0.29, 0.717) is 23.9 Å². The van der Waals surface area contributed by atoms with Gasteiger partial charge >= 0.3 is 0 Å². The van der Waals surface area contributed by atoms with Gasteiger partial charge in [0.2, 0.25) is 5.91 Å². The van der Waals surface area contributed by atoms with Gasteiger partial charge in [0.25, 0.3) is 5.91 Å². The lowest BCUT2D eigenvalue weighted by Crippen LogP contribution is -2.25. The number of hydrogen-bond acceptors (Lipinski definition) is 3. The number of aryl methyl sites for hydroxylation is 1. The van der Waals surface area contributed by atoms with E-state index in [0.717, 1.165) is 24.2 Å². The lowest BCUT2D eigenvalue weighted by molar-refractivity contribution is -0.116. The topological polar surface area (TPSA) is 67.4 Å². The van der Waals surface area contributed by atoms with Crippen molar-refractivity contribution in [2.75, 3.05) is 11.9 Å². The molecule has 25 heavy (non-hydrogen) atoms. The Labute approximate surface area is 147 Å². The van der Waals surface area contributed by atoms with Gasteiger partial charge in [-0.05, 0) is 61.7 Å². The number of benzene rings is 2. The molecule has 2 amide bonds. The van der Waals surface area contributed by atoms with Crippen molar-refractivity contribution < 1.29 is 14.3 Å². The zero-order valence-electron chi connectivity index (χ0n) is 14.2. The number of hydrogen-bond donors (Lipinski definition) is 2. The van der Waals surface area contributed by atoms with Crippen LogP contribution in [0.5, 0.6) is 5.75 Å². The Hall–Kier alpha value is -2.82. The number of carbonyl (C=O) groups excluding carboxylic acids is 2. The average Bonchev–Trinajstić information content (AvgIpc) is 3.39. The summed E-state index contributed by atoms with van der Waals surface area (Å²) in [4.78, 5) is 23.9. The Bertz CT molecular complexity index is 752. The van der Waals surface area contributed by atoms with E-state index in [1.807, 2.05) is 31.2 Å². The Morgan fingerprint density at radius 3 is 2.56 bits per heavy atom. The number of ether oxygens (including phenoxy) is 1. The van der Waals surface area contributed by atoms with Gasteiger partial charge in [0.1, 0.15) is 5.75 Å². The maximum absolute atomic E-state index is 12.0. The molecule has 1 aliphatic carbocycles. The first-order chi connectivity index (χ1) is 12.1. The molecule has 0 atom stereocenters. The van der Waals surface area contributed by atoms with E-state index in [1.54, 1.807) is 24.3 Å². The molecular formula is C20H22N2O3. The van der Waals surface area contributed by atoms with E-state index in [2.05, 4.69) is 10.6 Å². The minimum absolute atomic E-state index is 0.0630. The molecular weight excluding hydrogens is 316 g/mol. The second kappa shape index (κ2) is 7.83. The SMILES string of the molecule is Cc1cccc(OCCC(=O)Nc2ccc(C(=O)NC3CC3)cc2)c1. The lowest BCUT2D eigenvalue weighted by Gasteiger charge is -2.08. The standard InChI is InChI=1S/C20H22N2O3/c1-14-3-2-4-18(13-14)25-12-11-19(23)21-16-7-5-15(6-8-16)20(24)22-17-9-10-17/h2-8,13,17H,9-12H2,1H3,(H,21,23)(H,22,24). The summed E-state index contributed by atoms with van der Waals surface area (Å²) in [5, 5.41) is 5.74. The first-order valence-electron chi connectivity index (χ1n) is 8.50. The van der Waals surface area contributed by atoms with Crippen LogP contribution in [-0.4, -0.2) is 24.5 Å². The fourth-order valence-electron chi connectivity index (χ4n) is 2.39. The van der Waals surface area contributed by atoms with Crippen molar-refractivity contribution in [3.05, 3.63) is 59.7 Å². The quantitative estimate of drug-likeness (QED) is 0.814. The highest BCUT2D eigenvalue weighted by Gasteiger charge is 2.23. The Morgan fingerprint density at radius 1 is 1.12 bits per heavy atom. The molecule has 0 radical (unpaired) electrons. The molecule has 1 saturated carbocycles. The van der Waals surface area contributed by atoms with Gasteiger partial charge in [-0.3, -0.25) is 9.59 Å². The van der Waals surface area contributed by atoms with Crippen molar-refractivity contribution in [2.24, 2.45) is 0 Å². The van der Waals surface area contributed by atoms with Crippen LogP contribution < -0.4 is 15.4 Å². The van der Waals surface area contributed by atoms with Gasteiger partial charge in [-0.25, -0.2) is 0 Å². The molecule has 5 nitrogen and oxygen atoms in total. The first-order valence-corrected chi connectivity index (χ1v) is 8.50. The third-order valence-corrected chi connectivity index (χ3v) is 3.93. The maximum atomic E-state index is 12.0. The minimum Gasteiger partial charge on any atom is -0.493 e. The van der Waals surface area contributed by atoms with Crippen LogP contribution in [0.15, 0.2) is 48.5 Å². The second-order valence-corrected chi connectivity index (χ2v) is 6.29. The summed E-state index contributed by atoms with van der Waals surface area (Å²) in [5.41, 5.74) is 2.39. The highest BCUT2D eigenvalue weighted by atomic mass is 16.5. The predicted octanol–water partition coefficient (Wildman–Crippen LogP) is 3.29. The first kappa shape index (κ1) is 17.0. The predicted molar refractivity (Wildman–Crippen MR) is 96.9 cm³/mol. The van der Waals surface area contributed by atoms with Gasteiger partial charge in [0, 0.05) is 17.3 Å². The van der Waals surface area contributed by atoms with Crippen LogP contribution in [0.3, 0.4) is 0 Å². The van der Waals surface area contributed by atoms with Gasteiger partial charge in [-0.15, -0.1) is 0 Å². The number of anilines is 1. The van der Waals surface area contributed by atoms with Crippen molar-refractivity contribution in [1.82, 2.24) is 5.32 Å². The van der Waals surface area contributed by atoms with Gasteiger partial charge in [0.15, 0.2) is 0 Å². The molecule has 3 rings (SSSR count). The van der Waals surface area contributed by atoms with E-state index in [-0.39, 0.29) is 18.2 Å². The third-order valence-electron chi connectivity index (χ3n) is 3.93. The van der Waals surface area contributed by atoms with Crippen LogP contribution in [0.1, 0.15) is 35.2 Å². The van der Waals surface area contributed by atoms with Crippen molar-refractivity contribution in [1.29, 1.82) is 0 Å². The van der Waals surface area contributed by atoms with E-state index in [1.165, 1.54) is 0 Å². The molecule has 1 fully saturated rings.